The molecule has 0 amide bonds. The highest BCUT2D eigenvalue weighted by Gasteiger charge is 2.05. The van der Waals surface area contributed by atoms with Gasteiger partial charge in [0.1, 0.15) is 5.82 Å². The molecule has 1 N–H and O–H groups in total. The molecule has 1 aromatic heterocycles. The van der Waals surface area contributed by atoms with Crippen LogP contribution in [-0.4, -0.2) is 9.97 Å². The third kappa shape index (κ3) is 3.21. The van der Waals surface area contributed by atoms with Crippen molar-refractivity contribution in [1.82, 2.24) is 9.97 Å². The first-order chi connectivity index (χ1) is 8.56. The fraction of sp³-hybridized carbons (Fsp3) is 0.231. The summed E-state index contributed by atoms with van der Waals surface area (Å²) in [5, 5.41) is 3.42. The highest BCUT2D eigenvalue weighted by atomic mass is 79.9. The second-order valence-corrected chi connectivity index (χ2v) is 5.43. The van der Waals surface area contributed by atoms with Crippen molar-refractivity contribution in [2.75, 3.05) is 5.32 Å². The Balaban J connectivity index is 2.21. The molecule has 0 saturated heterocycles. The topological polar surface area (TPSA) is 37.8 Å². The van der Waals surface area contributed by atoms with E-state index in [1.807, 2.05) is 12.1 Å². The van der Waals surface area contributed by atoms with Crippen molar-refractivity contribution in [3.8, 4) is 0 Å². The molecule has 0 bridgehead atoms. The average Bonchev–Trinajstić information content (AvgIpc) is 2.34. The number of nitrogens with zero attached hydrogens (tertiary/aromatic N) is 2. The van der Waals surface area contributed by atoms with E-state index in [4.69, 9.17) is 11.6 Å². The summed E-state index contributed by atoms with van der Waals surface area (Å²) in [6.45, 7) is 4.34. The van der Waals surface area contributed by atoms with Crippen LogP contribution in [0.15, 0.2) is 34.9 Å². The first-order valence-electron chi connectivity index (χ1n) is 5.61. The van der Waals surface area contributed by atoms with Gasteiger partial charge in [-0.05, 0) is 51.1 Å². The van der Waals surface area contributed by atoms with Gasteiger partial charge in [-0.1, -0.05) is 26.0 Å². The van der Waals surface area contributed by atoms with Gasteiger partial charge in [-0.3, -0.25) is 0 Å². The van der Waals surface area contributed by atoms with Crippen LogP contribution in [0.3, 0.4) is 0 Å². The fourth-order valence-electron chi connectivity index (χ4n) is 1.52. The Kier molecular flexibility index (Phi) is 4.19. The molecular weight excluding hydrogens is 314 g/mol. The van der Waals surface area contributed by atoms with Crippen LogP contribution >= 0.6 is 27.5 Å². The van der Waals surface area contributed by atoms with Crippen LogP contribution in [0.2, 0.25) is 5.28 Å². The maximum Gasteiger partial charge on any atom is 0.224 e. The molecule has 1 aromatic carbocycles. The summed E-state index contributed by atoms with van der Waals surface area (Å²) < 4.78 is 0.778. The molecule has 0 radical (unpaired) electrons. The molecule has 3 nitrogen and oxygen atoms in total. The van der Waals surface area contributed by atoms with Crippen LogP contribution in [0.5, 0.6) is 0 Å². The minimum atomic E-state index is 0.222. The van der Waals surface area contributed by atoms with Crippen LogP contribution in [0, 0.1) is 0 Å². The zero-order chi connectivity index (χ0) is 13.1. The van der Waals surface area contributed by atoms with Gasteiger partial charge in [-0.15, -0.1) is 0 Å². The van der Waals surface area contributed by atoms with E-state index in [-0.39, 0.29) is 5.28 Å². The predicted molar refractivity (Wildman–Crippen MR) is 78.6 cm³/mol. The Labute approximate surface area is 120 Å². The van der Waals surface area contributed by atoms with Crippen molar-refractivity contribution in [2.45, 2.75) is 19.8 Å². The van der Waals surface area contributed by atoms with E-state index in [2.05, 4.69) is 57.2 Å². The maximum absolute atomic E-state index is 5.77. The molecule has 2 rings (SSSR count). The quantitative estimate of drug-likeness (QED) is 0.826. The second-order valence-electron chi connectivity index (χ2n) is 4.24. The van der Waals surface area contributed by atoms with E-state index < -0.39 is 0 Å². The molecule has 0 atom stereocenters. The molecule has 94 valence electrons. The van der Waals surface area contributed by atoms with E-state index in [1.165, 1.54) is 5.56 Å². The molecular formula is C13H13BrClN3. The van der Waals surface area contributed by atoms with E-state index in [1.54, 1.807) is 6.20 Å². The Hall–Kier alpha value is -1.13. The number of benzene rings is 1. The SMILES string of the molecule is CC(C)c1ccc(Nc2nc(Cl)ncc2Br)cc1. The normalized spacial score (nSPS) is 10.7. The number of halogens is 2. The van der Waals surface area contributed by atoms with Crippen molar-refractivity contribution in [1.29, 1.82) is 0 Å². The first kappa shape index (κ1) is 13.3. The van der Waals surface area contributed by atoms with Gasteiger partial charge >= 0.3 is 0 Å². The van der Waals surface area contributed by atoms with Crippen molar-refractivity contribution in [2.24, 2.45) is 0 Å². The van der Waals surface area contributed by atoms with Crippen molar-refractivity contribution >= 4 is 39.0 Å². The lowest BCUT2D eigenvalue weighted by Crippen LogP contribution is -1.97. The lowest BCUT2D eigenvalue weighted by molar-refractivity contribution is 0.867. The van der Waals surface area contributed by atoms with Crippen molar-refractivity contribution < 1.29 is 0 Å². The van der Waals surface area contributed by atoms with Crippen LogP contribution in [-0.2, 0) is 0 Å². The molecule has 0 aliphatic heterocycles. The molecule has 0 fully saturated rings. The lowest BCUT2D eigenvalue weighted by atomic mass is 10.0. The third-order valence-electron chi connectivity index (χ3n) is 2.55. The minimum Gasteiger partial charge on any atom is -0.339 e. The summed E-state index contributed by atoms with van der Waals surface area (Å²) >= 11 is 9.15. The number of rotatable bonds is 3. The maximum atomic E-state index is 5.77. The van der Waals surface area contributed by atoms with Gasteiger partial charge < -0.3 is 5.32 Å². The summed E-state index contributed by atoms with van der Waals surface area (Å²) in [6.07, 6.45) is 1.63. The summed E-state index contributed by atoms with van der Waals surface area (Å²) in [4.78, 5) is 8.01. The monoisotopic (exact) mass is 325 g/mol. The van der Waals surface area contributed by atoms with Crippen LogP contribution in [0.25, 0.3) is 0 Å². The van der Waals surface area contributed by atoms with Crippen LogP contribution in [0.1, 0.15) is 25.3 Å². The summed E-state index contributed by atoms with van der Waals surface area (Å²) in [7, 11) is 0. The smallest absolute Gasteiger partial charge is 0.224 e. The third-order valence-corrected chi connectivity index (χ3v) is 3.32. The van der Waals surface area contributed by atoms with Crippen molar-refractivity contribution in [3.63, 3.8) is 0 Å². The minimum absolute atomic E-state index is 0.222. The summed E-state index contributed by atoms with van der Waals surface area (Å²) in [6, 6.07) is 8.25. The first-order valence-corrected chi connectivity index (χ1v) is 6.78. The number of anilines is 2. The summed E-state index contributed by atoms with van der Waals surface area (Å²) in [5.41, 5.74) is 2.27. The van der Waals surface area contributed by atoms with Gasteiger partial charge in [0.15, 0.2) is 0 Å². The largest absolute Gasteiger partial charge is 0.339 e. The standard InChI is InChI=1S/C13H13BrClN3/c1-8(2)9-3-5-10(6-4-9)17-12-11(14)7-16-13(15)18-12/h3-8H,1-2H3,(H,16,17,18). The van der Waals surface area contributed by atoms with Gasteiger partial charge in [0.25, 0.3) is 0 Å². The number of hydrogen-bond acceptors (Lipinski definition) is 3. The molecule has 0 aliphatic carbocycles. The zero-order valence-electron chi connectivity index (χ0n) is 10.1. The number of nitrogens with one attached hydrogen (secondary N) is 1. The lowest BCUT2D eigenvalue weighted by Gasteiger charge is -2.09. The highest BCUT2D eigenvalue weighted by molar-refractivity contribution is 9.10. The average molecular weight is 327 g/mol. The number of aromatic nitrogens is 2. The molecule has 2 aromatic rings. The Morgan fingerprint density at radius 1 is 1.22 bits per heavy atom. The van der Waals surface area contributed by atoms with Crippen LogP contribution < -0.4 is 5.32 Å². The molecule has 1 heterocycles. The molecule has 5 heteroatoms. The van der Waals surface area contributed by atoms with Crippen molar-refractivity contribution in [3.05, 3.63) is 45.8 Å². The zero-order valence-corrected chi connectivity index (χ0v) is 12.5. The molecule has 0 unspecified atom stereocenters. The van der Waals surface area contributed by atoms with Gasteiger partial charge in [0.05, 0.1) is 4.47 Å². The number of hydrogen-bond donors (Lipinski definition) is 1. The van der Waals surface area contributed by atoms with Gasteiger partial charge in [-0.25, -0.2) is 4.98 Å². The summed E-state index contributed by atoms with van der Waals surface area (Å²) in [5.74, 6) is 1.19. The predicted octanol–water partition coefficient (Wildman–Crippen LogP) is 4.76. The van der Waals surface area contributed by atoms with Gasteiger partial charge in [0, 0.05) is 11.9 Å². The Morgan fingerprint density at radius 2 is 1.89 bits per heavy atom. The van der Waals surface area contributed by atoms with E-state index >= 15 is 0 Å². The van der Waals surface area contributed by atoms with E-state index in [0.717, 1.165) is 10.2 Å². The van der Waals surface area contributed by atoms with Gasteiger partial charge in [-0.2, -0.15) is 4.98 Å². The van der Waals surface area contributed by atoms with E-state index in [9.17, 15) is 0 Å². The Bertz CT molecular complexity index is 540. The van der Waals surface area contributed by atoms with Gasteiger partial charge in [0.2, 0.25) is 5.28 Å². The van der Waals surface area contributed by atoms with E-state index in [0.29, 0.717) is 11.7 Å². The molecule has 0 saturated carbocycles. The highest BCUT2D eigenvalue weighted by Crippen LogP contribution is 2.25. The fourth-order valence-corrected chi connectivity index (χ4v) is 1.94. The molecule has 0 aliphatic rings. The molecule has 18 heavy (non-hydrogen) atoms. The second kappa shape index (κ2) is 5.67. The Morgan fingerprint density at radius 3 is 2.50 bits per heavy atom. The van der Waals surface area contributed by atoms with Crippen LogP contribution in [0.4, 0.5) is 11.5 Å². The molecule has 0 spiro atoms.